The number of nitrogens with zero attached hydrogens (tertiary/aromatic N) is 1. The Labute approximate surface area is 71.7 Å². The van der Waals surface area contributed by atoms with Crippen LogP contribution in [-0.2, 0) is 0 Å². The average Bonchev–Trinajstić information content (AvgIpc) is 2.16. The number of hydrogen-bond acceptors (Lipinski definition) is 1. The molecule has 0 aliphatic rings. The maximum Gasteiger partial charge on any atom is 0.197 e. The summed E-state index contributed by atoms with van der Waals surface area (Å²) in [5.41, 5.74) is 0.986. The first-order chi connectivity index (χ1) is 5.79. The molecular weight excluding hydrogens is 150 g/mol. The van der Waals surface area contributed by atoms with Crippen molar-refractivity contribution in [2.24, 2.45) is 0 Å². The van der Waals surface area contributed by atoms with Crippen molar-refractivity contribution in [2.75, 3.05) is 0 Å². The van der Waals surface area contributed by atoms with E-state index in [1.54, 1.807) is 31.2 Å². The highest BCUT2D eigenvalue weighted by molar-refractivity contribution is 6.01. The highest BCUT2D eigenvalue weighted by Crippen LogP contribution is 2.19. The second-order valence-corrected chi connectivity index (χ2v) is 2.41. The van der Waals surface area contributed by atoms with E-state index in [0.29, 0.717) is 17.7 Å². The standard InChI is InChI=1S/C10H9NO/c1-3-10(12)8-6-4-5-7-9(8)11-2/h4-7H,3H2,1H3. The summed E-state index contributed by atoms with van der Waals surface area (Å²) >= 11 is 0. The third-order valence-corrected chi connectivity index (χ3v) is 1.65. The van der Waals surface area contributed by atoms with Gasteiger partial charge >= 0.3 is 0 Å². The topological polar surface area (TPSA) is 21.4 Å². The molecule has 0 amide bonds. The lowest BCUT2D eigenvalue weighted by molar-refractivity contribution is 0.0989. The van der Waals surface area contributed by atoms with E-state index in [4.69, 9.17) is 6.57 Å². The van der Waals surface area contributed by atoms with Gasteiger partial charge in [-0.25, -0.2) is 4.85 Å². The number of rotatable bonds is 2. The number of Topliss-reactive ketones (excluding diaryl/α,β-unsaturated/α-hetero) is 1. The average molecular weight is 159 g/mol. The summed E-state index contributed by atoms with van der Waals surface area (Å²) in [5.74, 6) is 0.0293. The van der Waals surface area contributed by atoms with Crippen LogP contribution >= 0.6 is 0 Å². The van der Waals surface area contributed by atoms with Gasteiger partial charge in [-0.1, -0.05) is 31.2 Å². The Morgan fingerprint density at radius 3 is 2.75 bits per heavy atom. The minimum Gasteiger partial charge on any atom is -0.296 e. The predicted molar refractivity (Wildman–Crippen MR) is 47.3 cm³/mol. The molecule has 0 spiro atoms. The highest BCUT2D eigenvalue weighted by atomic mass is 16.1. The fourth-order valence-corrected chi connectivity index (χ4v) is 0.997. The maximum atomic E-state index is 11.2. The van der Waals surface area contributed by atoms with E-state index < -0.39 is 0 Å². The fraction of sp³-hybridized carbons (Fsp3) is 0.200. The van der Waals surface area contributed by atoms with E-state index in [1.165, 1.54) is 0 Å². The van der Waals surface area contributed by atoms with Crippen molar-refractivity contribution in [1.82, 2.24) is 0 Å². The second-order valence-electron chi connectivity index (χ2n) is 2.41. The first-order valence-corrected chi connectivity index (χ1v) is 3.79. The fourth-order valence-electron chi connectivity index (χ4n) is 0.997. The monoisotopic (exact) mass is 159 g/mol. The molecule has 12 heavy (non-hydrogen) atoms. The summed E-state index contributed by atoms with van der Waals surface area (Å²) in [5, 5.41) is 0. The van der Waals surface area contributed by atoms with Gasteiger partial charge in [0.15, 0.2) is 11.5 Å². The Morgan fingerprint density at radius 1 is 1.50 bits per heavy atom. The minimum absolute atomic E-state index is 0.0293. The molecule has 2 nitrogen and oxygen atoms in total. The molecule has 0 aromatic heterocycles. The van der Waals surface area contributed by atoms with E-state index in [1.807, 2.05) is 0 Å². The molecule has 0 saturated carbocycles. The van der Waals surface area contributed by atoms with E-state index in [0.717, 1.165) is 0 Å². The Kier molecular flexibility index (Phi) is 2.60. The summed E-state index contributed by atoms with van der Waals surface area (Å²) in [4.78, 5) is 14.5. The van der Waals surface area contributed by atoms with Crippen LogP contribution in [0.15, 0.2) is 24.3 Å². The van der Waals surface area contributed by atoms with Gasteiger partial charge < -0.3 is 0 Å². The molecule has 0 unspecified atom stereocenters. The molecule has 0 aliphatic heterocycles. The lowest BCUT2D eigenvalue weighted by atomic mass is 10.1. The lowest BCUT2D eigenvalue weighted by Gasteiger charge is -1.98. The molecular formula is C10H9NO. The van der Waals surface area contributed by atoms with Crippen LogP contribution < -0.4 is 0 Å². The zero-order valence-electron chi connectivity index (χ0n) is 6.87. The van der Waals surface area contributed by atoms with Crippen molar-refractivity contribution in [1.29, 1.82) is 0 Å². The molecule has 1 aromatic carbocycles. The Bertz CT molecular complexity index is 336. The van der Waals surface area contributed by atoms with Gasteiger partial charge in [-0.2, -0.15) is 0 Å². The minimum atomic E-state index is 0.0293. The van der Waals surface area contributed by atoms with Crippen LogP contribution in [0, 0.1) is 6.57 Å². The number of benzene rings is 1. The molecule has 0 heterocycles. The SMILES string of the molecule is [C-]#[N+]c1ccccc1C(=O)CC. The predicted octanol–water partition coefficient (Wildman–Crippen LogP) is 2.83. The van der Waals surface area contributed by atoms with Crippen LogP contribution in [0.25, 0.3) is 4.85 Å². The van der Waals surface area contributed by atoms with Crippen LogP contribution in [0.2, 0.25) is 0 Å². The zero-order valence-corrected chi connectivity index (χ0v) is 6.87. The molecule has 0 N–H and O–H groups in total. The molecule has 0 saturated heterocycles. The van der Waals surface area contributed by atoms with Crippen molar-refractivity contribution >= 4 is 11.5 Å². The van der Waals surface area contributed by atoms with Crippen molar-refractivity contribution in [3.8, 4) is 0 Å². The Morgan fingerprint density at radius 2 is 2.17 bits per heavy atom. The van der Waals surface area contributed by atoms with Crippen molar-refractivity contribution < 1.29 is 4.79 Å². The molecule has 0 fully saturated rings. The maximum absolute atomic E-state index is 11.2. The van der Waals surface area contributed by atoms with Gasteiger partial charge in [0.2, 0.25) is 0 Å². The zero-order chi connectivity index (χ0) is 8.97. The van der Waals surface area contributed by atoms with E-state index in [2.05, 4.69) is 4.85 Å². The molecule has 0 radical (unpaired) electrons. The van der Waals surface area contributed by atoms with E-state index in [9.17, 15) is 4.79 Å². The Balaban J connectivity index is 3.16. The number of carbonyl (C=O) groups is 1. The summed E-state index contributed by atoms with van der Waals surface area (Å²) in [7, 11) is 0. The van der Waals surface area contributed by atoms with E-state index >= 15 is 0 Å². The largest absolute Gasteiger partial charge is 0.296 e. The number of hydrogen-bond donors (Lipinski definition) is 0. The number of carbonyl (C=O) groups excluding carboxylic acids is 1. The summed E-state index contributed by atoms with van der Waals surface area (Å²) in [6.07, 6.45) is 0.451. The van der Waals surface area contributed by atoms with Gasteiger partial charge in [0.05, 0.1) is 6.57 Å². The smallest absolute Gasteiger partial charge is 0.197 e. The third-order valence-electron chi connectivity index (χ3n) is 1.65. The normalized spacial score (nSPS) is 9.00. The molecule has 2 heteroatoms. The second kappa shape index (κ2) is 3.68. The van der Waals surface area contributed by atoms with Gasteiger partial charge in [-0.15, -0.1) is 0 Å². The molecule has 1 rings (SSSR count). The first-order valence-electron chi connectivity index (χ1n) is 3.79. The van der Waals surface area contributed by atoms with Crippen molar-refractivity contribution in [3.05, 3.63) is 41.2 Å². The summed E-state index contributed by atoms with van der Waals surface area (Å²) in [6.45, 7) is 8.62. The first kappa shape index (κ1) is 8.48. The van der Waals surface area contributed by atoms with Crippen molar-refractivity contribution in [3.63, 3.8) is 0 Å². The third kappa shape index (κ3) is 1.51. The van der Waals surface area contributed by atoms with Crippen LogP contribution in [-0.4, -0.2) is 5.78 Å². The molecule has 0 bridgehead atoms. The van der Waals surface area contributed by atoms with Crippen LogP contribution in [0.3, 0.4) is 0 Å². The molecule has 1 aromatic rings. The van der Waals surface area contributed by atoms with Crippen molar-refractivity contribution in [2.45, 2.75) is 13.3 Å². The van der Waals surface area contributed by atoms with Gasteiger partial charge in [-0.05, 0) is 0 Å². The van der Waals surface area contributed by atoms with Gasteiger partial charge in [0, 0.05) is 12.0 Å². The molecule has 0 atom stereocenters. The van der Waals surface area contributed by atoms with Gasteiger partial charge in [0.1, 0.15) is 0 Å². The van der Waals surface area contributed by atoms with Crippen LogP contribution in [0.5, 0.6) is 0 Å². The summed E-state index contributed by atoms with van der Waals surface area (Å²) in [6, 6.07) is 6.90. The number of para-hydroxylation sites is 1. The van der Waals surface area contributed by atoms with Gasteiger partial charge in [-0.3, -0.25) is 4.79 Å². The molecule has 60 valence electrons. The quantitative estimate of drug-likeness (QED) is 0.480. The Hall–Kier alpha value is -1.62. The number of ketones is 1. The lowest BCUT2D eigenvalue weighted by Crippen LogP contribution is -1.95. The highest BCUT2D eigenvalue weighted by Gasteiger charge is 2.07. The van der Waals surface area contributed by atoms with Crippen LogP contribution in [0.1, 0.15) is 23.7 Å². The van der Waals surface area contributed by atoms with E-state index in [-0.39, 0.29) is 5.78 Å². The molecule has 0 aliphatic carbocycles. The van der Waals surface area contributed by atoms with Crippen LogP contribution in [0.4, 0.5) is 5.69 Å². The summed E-state index contributed by atoms with van der Waals surface area (Å²) < 4.78 is 0. The van der Waals surface area contributed by atoms with Gasteiger partial charge in [0.25, 0.3) is 0 Å².